The van der Waals surface area contributed by atoms with Crippen molar-refractivity contribution in [3.8, 4) is 6.07 Å². The van der Waals surface area contributed by atoms with E-state index in [4.69, 9.17) is 5.26 Å². The van der Waals surface area contributed by atoms with Crippen LogP contribution in [0.4, 0.5) is 18.9 Å². The second-order valence-electron chi connectivity index (χ2n) is 8.61. The number of carbonyl (C=O) groups is 1. The van der Waals surface area contributed by atoms with Gasteiger partial charge in [-0.25, -0.2) is 13.2 Å². The highest BCUT2D eigenvalue weighted by Crippen LogP contribution is 2.28. The van der Waals surface area contributed by atoms with Crippen LogP contribution in [0.15, 0.2) is 12.1 Å². The Bertz CT molecular complexity index is 782. The van der Waals surface area contributed by atoms with Gasteiger partial charge in [0, 0.05) is 45.1 Å². The Hall–Kier alpha value is -2.27. The van der Waals surface area contributed by atoms with E-state index in [2.05, 4.69) is 16.3 Å². The molecule has 0 spiro atoms. The van der Waals surface area contributed by atoms with Crippen molar-refractivity contribution in [2.24, 2.45) is 5.92 Å². The molecule has 0 radical (unpaired) electrons. The first-order valence-corrected chi connectivity index (χ1v) is 11.2. The number of benzene rings is 1. The van der Waals surface area contributed by atoms with Crippen LogP contribution in [-0.4, -0.2) is 49.6 Å². The highest BCUT2D eigenvalue weighted by molar-refractivity contribution is 5.76. The highest BCUT2D eigenvalue weighted by Gasteiger charge is 2.25. The van der Waals surface area contributed by atoms with Crippen molar-refractivity contribution in [2.75, 3.05) is 37.6 Å². The molecule has 1 N–H and O–H groups in total. The molecule has 0 aromatic heterocycles. The van der Waals surface area contributed by atoms with Gasteiger partial charge in [-0.15, -0.1) is 0 Å². The first kappa shape index (κ1) is 23.4. The molecule has 2 fully saturated rings. The van der Waals surface area contributed by atoms with Crippen molar-refractivity contribution in [2.45, 2.75) is 57.4 Å². The molecule has 1 amide bonds. The van der Waals surface area contributed by atoms with Gasteiger partial charge in [0.25, 0.3) is 0 Å². The molecule has 2 aliphatic rings. The van der Waals surface area contributed by atoms with Crippen LogP contribution in [0.3, 0.4) is 0 Å². The molecule has 8 heteroatoms. The Labute approximate surface area is 182 Å². The summed E-state index contributed by atoms with van der Waals surface area (Å²) in [5, 5.41) is 11.6. The lowest BCUT2D eigenvalue weighted by Gasteiger charge is -2.37. The van der Waals surface area contributed by atoms with E-state index in [1.807, 2.05) is 0 Å². The minimum atomic E-state index is -1.41. The zero-order chi connectivity index (χ0) is 22.2. The summed E-state index contributed by atoms with van der Waals surface area (Å²) in [5.74, 6) is -2.98. The predicted molar refractivity (Wildman–Crippen MR) is 113 cm³/mol. The van der Waals surface area contributed by atoms with Gasteiger partial charge in [0.15, 0.2) is 17.5 Å². The molecule has 1 aromatic carbocycles. The van der Waals surface area contributed by atoms with Gasteiger partial charge < -0.3 is 10.2 Å². The number of nitrogens with one attached hydrogen (secondary N) is 1. The second kappa shape index (κ2) is 11.4. The lowest BCUT2D eigenvalue weighted by molar-refractivity contribution is -0.122. The van der Waals surface area contributed by atoms with Crippen LogP contribution in [0.5, 0.6) is 0 Å². The molecule has 170 valence electrons. The SMILES string of the molecule is N#CCCCC(=O)NC1CCC(CCN2CCN(c3ccc(F)c(F)c3F)CC2)CC1. The summed E-state index contributed by atoms with van der Waals surface area (Å²) in [6.45, 7) is 3.70. The first-order valence-electron chi connectivity index (χ1n) is 11.2. The minimum absolute atomic E-state index is 0.0500. The Morgan fingerprint density at radius 2 is 1.77 bits per heavy atom. The molecule has 0 bridgehead atoms. The highest BCUT2D eigenvalue weighted by atomic mass is 19.2. The van der Waals surface area contributed by atoms with Crippen LogP contribution in [0.25, 0.3) is 0 Å². The molecule has 1 heterocycles. The number of halogens is 3. The summed E-state index contributed by atoms with van der Waals surface area (Å²) in [7, 11) is 0. The van der Waals surface area contributed by atoms with E-state index < -0.39 is 17.5 Å². The van der Waals surface area contributed by atoms with Gasteiger partial charge >= 0.3 is 0 Å². The first-order chi connectivity index (χ1) is 15.0. The van der Waals surface area contributed by atoms with Gasteiger partial charge in [-0.05, 0) is 63.1 Å². The molecule has 1 saturated carbocycles. The number of unbranched alkanes of at least 4 members (excludes halogenated alkanes) is 1. The van der Waals surface area contributed by atoms with Gasteiger partial charge in [0.1, 0.15) is 0 Å². The standard InChI is InChI=1S/C23H31F3N4O/c24-19-8-9-20(23(26)22(19)25)30-15-13-29(14-16-30)12-10-17-4-6-18(7-5-17)28-21(31)3-1-2-11-27/h8-9,17-18H,1-7,10,12-16H2,(H,28,31). The molecular weight excluding hydrogens is 405 g/mol. The molecule has 0 unspecified atom stereocenters. The number of nitrogens with zero attached hydrogens (tertiary/aromatic N) is 3. The molecular formula is C23H31F3N4O. The van der Waals surface area contributed by atoms with E-state index >= 15 is 0 Å². The maximum Gasteiger partial charge on any atom is 0.220 e. The monoisotopic (exact) mass is 436 g/mol. The summed E-state index contributed by atoms with van der Waals surface area (Å²) in [4.78, 5) is 16.0. The van der Waals surface area contributed by atoms with Gasteiger partial charge in [0.2, 0.25) is 5.91 Å². The van der Waals surface area contributed by atoms with E-state index in [1.54, 1.807) is 4.90 Å². The second-order valence-corrected chi connectivity index (χ2v) is 8.61. The molecule has 0 atom stereocenters. The number of amides is 1. The fourth-order valence-corrected chi connectivity index (χ4v) is 4.56. The lowest BCUT2D eigenvalue weighted by Crippen LogP contribution is -2.47. The summed E-state index contributed by atoms with van der Waals surface area (Å²) in [5.41, 5.74) is 0.131. The lowest BCUT2D eigenvalue weighted by atomic mass is 9.84. The van der Waals surface area contributed by atoms with Crippen LogP contribution in [0.1, 0.15) is 51.4 Å². The number of nitriles is 1. The fraction of sp³-hybridized carbons (Fsp3) is 0.652. The molecule has 1 aliphatic carbocycles. The van der Waals surface area contributed by atoms with Gasteiger partial charge in [0.05, 0.1) is 11.8 Å². The third-order valence-corrected chi connectivity index (χ3v) is 6.49. The van der Waals surface area contributed by atoms with Crippen molar-refractivity contribution in [3.63, 3.8) is 0 Å². The van der Waals surface area contributed by atoms with E-state index in [-0.39, 0.29) is 17.6 Å². The third-order valence-electron chi connectivity index (χ3n) is 6.49. The zero-order valence-corrected chi connectivity index (χ0v) is 17.9. The Morgan fingerprint density at radius 3 is 2.45 bits per heavy atom. The smallest absolute Gasteiger partial charge is 0.220 e. The number of rotatable bonds is 8. The topological polar surface area (TPSA) is 59.4 Å². The molecule has 31 heavy (non-hydrogen) atoms. The summed E-state index contributed by atoms with van der Waals surface area (Å²) in [6, 6.07) is 4.60. The number of piperazine rings is 1. The van der Waals surface area contributed by atoms with Crippen molar-refractivity contribution in [1.82, 2.24) is 10.2 Å². The van der Waals surface area contributed by atoms with Gasteiger partial charge in [-0.2, -0.15) is 5.26 Å². The summed E-state index contributed by atoms with van der Waals surface area (Å²) in [6.07, 6.45) is 6.76. The zero-order valence-electron chi connectivity index (χ0n) is 17.9. The summed E-state index contributed by atoms with van der Waals surface area (Å²) < 4.78 is 40.7. The Balaban J connectivity index is 1.33. The van der Waals surface area contributed by atoms with Crippen molar-refractivity contribution < 1.29 is 18.0 Å². The normalized spacial score (nSPS) is 22.2. The number of hydrogen-bond donors (Lipinski definition) is 1. The van der Waals surface area contributed by atoms with Crippen LogP contribution >= 0.6 is 0 Å². The summed E-state index contributed by atoms with van der Waals surface area (Å²) >= 11 is 0. The average Bonchev–Trinajstić information content (AvgIpc) is 2.78. The van der Waals surface area contributed by atoms with E-state index in [0.29, 0.717) is 38.3 Å². The van der Waals surface area contributed by atoms with Crippen LogP contribution in [0.2, 0.25) is 0 Å². The van der Waals surface area contributed by atoms with E-state index in [1.165, 1.54) is 6.07 Å². The number of anilines is 1. The predicted octanol–water partition coefficient (Wildman–Crippen LogP) is 3.98. The Morgan fingerprint density at radius 1 is 1.06 bits per heavy atom. The number of hydrogen-bond acceptors (Lipinski definition) is 4. The van der Waals surface area contributed by atoms with Crippen molar-refractivity contribution in [3.05, 3.63) is 29.6 Å². The quantitative estimate of drug-likeness (QED) is 0.495. The molecule has 3 rings (SSSR count). The van der Waals surface area contributed by atoms with Crippen molar-refractivity contribution in [1.29, 1.82) is 5.26 Å². The molecule has 1 saturated heterocycles. The van der Waals surface area contributed by atoms with Gasteiger partial charge in [-0.1, -0.05) is 0 Å². The van der Waals surface area contributed by atoms with E-state index in [9.17, 15) is 18.0 Å². The maximum absolute atomic E-state index is 14.0. The van der Waals surface area contributed by atoms with Crippen LogP contribution in [-0.2, 0) is 4.79 Å². The third kappa shape index (κ3) is 6.60. The minimum Gasteiger partial charge on any atom is -0.367 e. The number of carbonyl (C=O) groups excluding carboxylic acids is 1. The van der Waals surface area contributed by atoms with E-state index in [0.717, 1.165) is 57.8 Å². The fourth-order valence-electron chi connectivity index (χ4n) is 4.56. The average molecular weight is 437 g/mol. The Kier molecular flexibility index (Phi) is 8.59. The van der Waals surface area contributed by atoms with Gasteiger partial charge in [-0.3, -0.25) is 9.69 Å². The van der Waals surface area contributed by atoms with Crippen molar-refractivity contribution >= 4 is 11.6 Å². The molecule has 1 aromatic rings. The van der Waals surface area contributed by atoms with Crippen LogP contribution in [0, 0.1) is 34.7 Å². The molecule has 5 nitrogen and oxygen atoms in total. The maximum atomic E-state index is 14.0. The molecule has 1 aliphatic heterocycles. The largest absolute Gasteiger partial charge is 0.367 e. The van der Waals surface area contributed by atoms with Crippen LogP contribution < -0.4 is 10.2 Å².